The van der Waals surface area contributed by atoms with E-state index >= 15 is 0 Å². The van der Waals surface area contributed by atoms with Gasteiger partial charge in [0.25, 0.3) is 5.91 Å². The van der Waals surface area contributed by atoms with Crippen molar-refractivity contribution in [3.63, 3.8) is 0 Å². The van der Waals surface area contributed by atoms with Crippen LogP contribution >= 0.6 is 0 Å². The van der Waals surface area contributed by atoms with Crippen LogP contribution in [0.3, 0.4) is 0 Å². The minimum Gasteiger partial charge on any atom is -0.464 e. The standard InChI is InChI=1S/C26H28N2O3/c1-2-27(16-18-11-13-28(17-18)26(30)21-7-8-21)25(29)20-5-3-19(4-6-20)22-9-10-24-23(15-22)12-14-31-24/h3-6,9-10,12,14-15,18,21H,2,7-8,11,13,16-17H2,1H3/t18-/m0/s1. The van der Waals surface area contributed by atoms with Gasteiger partial charge in [0.15, 0.2) is 0 Å². The highest BCUT2D eigenvalue weighted by molar-refractivity contribution is 5.95. The Balaban J connectivity index is 1.24. The van der Waals surface area contributed by atoms with Crippen LogP contribution in [0.5, 0.6) is 0 Å². The molecule has 31 heavy (non-hydrogen) atoms. The molecule has 2 fully saturated rings. The topological polar surface area (TPSA) is 53.8 Å². The molecule has 1 aliphatic carbocycles. The average Bonchev–Trinajstić information content (AvgIpc) is 3.37. The third-order valence-corrected chi connectivity index (χ3v) is 6.59. The number of furan rings is 1. The van der Waals surface area contributed by atoms with Gasteiger partial charge < -0.3 is 14.2 Å². The number of benzene rings is 2. The van der Waals surface area contributed by atoms with Crippen LogP contribution in [0.1, 0.15) is 36.5 Å². The van der Waals surface area contributed by atoms with E-state index in [1.165, 1.54) is 0 Å². The maximum absolute atomic E-state index is 13.1. The Morgan fingerprint density at radius 1 is 1.03 bits per heavy atom. The second kappa shape index (κ2) is 8.22. The van der Waals surface area contributed by atoms with E-state index in [0.29, 0.717) is 30.5 Å². The molecule has 1 saturated heterocycles. The van der Waals surface area contributed by atoms with E-state index in [4.69, 9.17) is 4.42 Å². The lowest BCUT2D eigenvalue weighted by Crippen LogP contribution is -2.37. The van der Waals surface area contributed by atoms with Crippen molar-refractivity contribution in [3.05, 3.63) is 60.4 Å². The first kappa shape index (κ1) is 19.9. The third-order valence-electron chi connectivity index (χ3n) is 6.59. The zero-order chi connectivity index (χ0) is 21.4. The molecule has 0 bridgehead atoms. The van der Waals surface area contributed by atoms with Crippen LogP contribution in [0.15, 0.2) is 59.2 Å². The number of hydrogen-bond acceptors (Lipinski definition) is 3. The number of carbonyl (C=O) groups excluding carboxylic acids is 2. The fourth-order valence-electron chi connectivity index (χ4n) is 4.57. The van der Waals surface area contributed by atoms with Gasteiger partial charge in [-0.15, -0.1) is 0 Å². The van der Waals surface area contributed by atoms with Crippen molar-refractivity contribution in [1.82, 2.24) is 9.80 Å². The van der Waals surface area contributed by atoms with Crippen molar-refractivity contribution in [2.75, 3.05) is 26.2 Å². The summed E-state index contributed by atoms with van der Waals surface area (Å²) in [7, 11) is 0. The van der Waals surface area contributed by atoms with Crippen molar-refractivity contribution >= 4 is 22.8 Å². The van der Waals surface area contributed by atoms with Crippen molar-refractivity contribution < 1.29 is 14.0 Å². The summed E-state index contributed by atoms with van der Waals surface area (Å²) in [5.74, 6) is 1.02. The third kappa shape index (κ3) is 4.09. The molecule has 0 spiro atoms. The molecular formula is C26H28N2O3. The molecule has 1 aliphatic heterocycles. The zero-order valence-electron chi connectivity index (χ0n) is 17.9. The summed E-state index contributed by atoms with van der Waals surface area (Å²) < 4.78 is 5.41. The van der Waals surface area contributed by atoms with Crippen molar-refractivity contribution in [3.8, 4) is 11.1 Å². The minimum atomic E-state index is 0.0614. The maximum Gasteiger partial charge on any atom is 0.253 e. The van der Waals surface area contributed by atoms with Crippen LogP contribution in [0.2, 0.25) is 0 Å². The molecule has 5 rings (SSSR count). The summed E-state index contributed by atoms with van der Waals surface area (Å²) in [5, 5.41) is 1.07. The molecule has 2 heterocycles. The van der Waals surface area contributed by atoms with Crippen LogP contribution in [0, 0.1) is 11.8 Å². The monoisotopic (exact) mass is 416 g/mol. The van der Waals surface area contributed by atoms with Gasteiger partial charge in [-0.05, 0) is 73.6 Å². The fourth-order valence-corrected chi connectivity index (χ4v) is 4.57. The first-order chi connectivity index (χ1) is 15.1. The summed E-state index contributed by atoms with van der Waals surface area (Å²) in [6, 6.07) is 15.9. The van der Waals surface area contributed by atoms with E-state index in [0.717, 1.165) is 54.4 Å². The van der Waals surface area contributed by atoms with Gasteiger partial charge >= 0.3 is 0 Å². The minimum absolute atomic E-state index is 0.0614. The van der Waals surface area contributed by atoms with Crippen LogP contribution < -0.4 is 0 Å². The molecule has 5 heteroatoms. The Bertz CT molecular complexity index is 1100. The number of amides is 2. The van der Waals surface area contributed by atoms with E-state index in [9.17, 15) is 9.59 Å². The number of fused-ring (bicyclic) bond motifs is 1. The lowest BCUT2D eigenvalue weighted by atomic mass is 10.0. The number of carbonyl (C=O) groups is 2. The van der Waals surface area contributed by atoms with E-state index in [1.54, 1.807) is 6.26 Å². The van der Waals surface area contributed by atoms with Crippen molar-refractivity contribution in [2.24, 2.45) is 11.8 Å². The summed E-state index contributed by atoms with van der Waals surface area (Å²) in [6.07, 6.45) is 4.77. The zero-order valence-corrected chi connectivity index (χ0v) is 17.9. The second-order valence-corrected chi connectivity index (χ2v) is 8.81. The largest absolute Gasteiger partial charge is 0.464 e. The smallest absolute Gasteiger partial charge is 0.253 e. The maximum atomic E-state index is 13.1. The highest BCUT2D eigenvalue weighted by atomic mass is 16.3. The Morgan fingerprint density at radius 3 is 2.55 bits per heavy atom. The van der Waals surface area contributed by atoms with E-state index in [1.807, 2.05) is 59.2 Å². The second-order valence-electron chi connectivity index (χ2n) is 8.81. The van der Waals surface area contributed by atoms with Gasteiger partial charge in [0.2, 0.25) is 5.91 Å². The molecule has 0 unspecified atom stereocenters. The molecule has 2 amide bonds. The predicted molar refractivity (Wildman–Crippen MR) is 121 cm³/mol. The summed E-state index contributed by atoms with van der Waals surface area (Å²) >= 11 is 0. The van der Waals surface area contributed by atoms with Crippen molar-refractivity contribution in [1.29, 1.82) is 0 Å². The SMILES string of the molecule is CCN(C[C@@H]1CCN(C(=O)C2CC2)C1)C(=O)c1ccc(-c2ccc3occc3c2)cc1. The molecule has 2 aliphatic rings. The average molecular weight is 417 g/mol. The summed E-state index contributed by atoms with van der Waals surface area (Å²) in [4.78, 5) is 29.4. The molecule has 2 aromatic carbocycles. The van der Waals surface area contributed by atoms with Gasteiger partial charge in [-0.3, -0.25) is 9.59 Å². The number of likely N-dealkylation sites (tertiary alicyclic amines) is 1. The molecule has 160 valence electrons. The normalized spacial score (nSPS) is 18.5. The highest BCUT2D eigenvalue weighted by Crippen LogP contribution is 2.33. The molecule has 3 aromatic rings. The van der Waals surface area contributed by atoms with E-state index < -0.39 is 0 Å². The highest BCUT2D eigenvalue weighted by Gasteiger charge is 2.37. The number of hydrogen-bond donors (Lipinski definition) is 0. The predicted octanol–water partition coefficient (Wildman–Crippen LogP) is 4.82. The van der Waals surface area contributed by atoms with Crippen molar-refractivity contribution in [2.45, 2.75) is 26.2 Å². The van der Waals surface area contributed by atoms with Gasteiger partial charge in [-0.25, -0.2) is 0 Å². The van der Waals surface area contributed by atoms with Gasteiger partial charge in [-0.2, -0.15) is 0 Å². The molecule has 0 radical (unpaired) electrons. The number of nitrogens with zero attached hydrogens (tertiary/aromatic N) is 2. The van der Waals surface area contributed by atoms with Crippen LogP contribution in [-0.2, 0) is 4.79 Å². The summed E-state index contributed by atoms with van der Waals surface area (Å²) in [6.45, 7) is 5.03. The molecule has 1 aromatic heterocycles. The Morgan fingerprint density at radius 2 is 1.81 bits per heavy atom. The first-order valence-corrected chi connectivity index (χ1v) is 11.3. The van der Waals surface area contributed by atoms with Gasteiger partial charge in [-0.1, -0.05) is 18.2 Å². The quantitative estimate of drug-likeness (QED) is 0.579. The van der Waals surface area contributed by atoms with Crippen LogP contribution in [0.25, 0.3) is 22.1 Å². The Labute approximate surface area is 182 Å². The molecule has 1 saturated carbocycles. The Hall–Kier alpha value is -3.08. The molecule has 5 nitrogen and oxygen atoms in total. The van der Waals surface area contributed by atoms with E-state index in [-0.39, 0.29) is 11.8 Å². The van der Waals surface area contributed by atoms with Gasteiger partial charge in [0.05, 0.1) is 6.26 Å². The lowest BCUT2D eigenvalue weighted by Gasteiger charge is -2.25. The number of rotatable bonds is 6. The Kier molecular flexibility index (Phi) is 5.26. The molecular weight excluding hydrogens is 388 g/mol. The van der Waals surface area contributed by atoms with E-state index in [2.05, 4.69) is 6.07 Å². The first-order valence-electron chi connectivity index (χ1n) is 11.3. The van der Waals surface area contributed by atoms with Gasteiger partial charge in [0.1, 0.15) is 5.58 Å². The lowest BCUT2D eigenvalue weighted by molar-refractivity contribution is -0.131. The molecule has 0 N–H and O–H groups in total. The van der Waals surface area contributed by atoms with Gasteiger partial charge in [0, 0.05) is 43.0 Å². The van der Waals surface area contributed by atoms with Crippen LogP contribution in [-0.4, -0.2) is 47.8 Å². The summed E-state index contributed by atoms with van der Waals surface area (Å²) in [5.41, 5.74) is 3.76. The fraction of sp³-hybridized carbons (Fsp3) is 0.385. The van der Waals surface area contributed by atoms with Crippen LogP contribution in [0.4, 0.5) is 0 Å². The molecule has 1 atom stereocenters.